The van der Waals surface area contributed by atoms with Crippen molar-refractivity contribution in [3.8, 4) is 0 Å². The minimum Gasteiger partial charge on any atom is -0.462 e. The zero-order valence-electron chi connectivity index (χ0n) is 33.6. The Hall–Kier alpha value is -4.56. The van der Waals surface area contributed by atoms with Gasteiger partial charge in [-0.05, 0) is 32.2 Å². The van der Waals surface area contributed by atoms with E-state index in [0.29, 0.717) is 0 Å². The van der Waals surface area contributed by atoms with Crippen molar-refractivity contribution in [1.82, 2.24) is 4.90 Å². The van der Waals surface area contributed by atoms with E-state index in [1.807, 2.05) is 49.3 Å². The van der Waals surface area contributed by atoms with Crippen molar-refractivity contribution in [3.63, 3.8) is 0 Å². The minimum absolute atomic E-state index is 0.0374. The van der Waals surface area contributed by atoms with Crippen LogP contribution in [0.1, 0.15) is 93.2 Å². The largest absolute Gasteiger partial charge is 0.462 e. The second kappa shape index (κ2) is 16.3. The van der Waals surface area contributed by atoms with E-state index in [-0.39, 0.29) is 42.2 Å². The summed E-state index contributed by atoms with van der Waals surface area (Å²) in [5.74, 6) is -6.45. The number of aliphatic hydroxyl groups is 1. The van der Waals surface area contributed by atoms with Gasteiger partial charge in [0.15, 0.2) is 12.2 Å². The predicted molar refractivity (Wildman–Crippen MR) is 196 cm³/mol. The third-order valence-corrected chi connectivity index (χ3v) is 11.8. The van der Waals surface area contributed by atoms with Gasteiger partial charge in [0.25, 0.3) is 0 Å². The summed E-state index contributed by atoms with van der Waals surface area (Å²) in [6.45, 7) is 16.8. The van der Waals surface area contributed by atoms with E-state index in [4.69, 9.17) is 28.4 Å². The maximum absolute atomic E-state index is 13.9. The molecule has 0 spiro atoms. The Morgan fingerprint density at radius 3 is 1.87 bits per heavy atom. The molecule has 14 heteroatoms. The Bertz CT molecular complexity index is 1730. The molecule has 0 heterocycles. The smallest absolute Gasteiger partial charge is 0.308 e. The molecule has 3 aliphatic rings. The quantitative estimate of drug-likeness (QED) is 0.199. The van der Waals surface area contributed by atoms with Crippen LogP contribution in [0, 0.1) is 22.7 Å². The van der Waals surface area contributed by atoms with E-state index in [1.54, 1.807) is 20.8 Å². The Morgan fingerprint density at radius 1 is 0.818 bits per heavy atom. The third-order valence-electron chi connectivity index (χ3n) is 11.8. The molecule has 0 aliphatic heterocycles. The van der Waals surface area contributed by atoms with Crippen molar-refractivity contribution in [1.29, 1.82) is 0 Å². The lowest BCUT2D eigenvalue weighted by Gasteiger charge is -2.64. The molecule has 1 aromatic rings. The van der Waals surface area contributed by atoms with Gasteiger partial charge in [0.1, 0.15) is 29.7 Å². The van der Waals surface area contributed by atoms with E-state index in [0.717, 1.165) is 19.4 Å². The molecule has 1 unspecified atom stereocenters. The van der Waals surface area contributed by atoms with Crippen molar-refractivity contribution in [2.24, 2.45) is 22.7 Å². The maximum Gasteiger partial charge on any atom is 0.308 e. The number of rotatable bonds is 10. The molecule has 0 saturated heterocycles. The molecule has 0 aromatic heterocycles. The van der Waals surface area contributed by atoms with Crippen LogP contribution in [0.4, 0.5) is 0 Å². The summed E-state index contributed by atoms with van der Waals surface area (Å²) in [6.07, 6.45) is -7.25. The lowest BCUT2D eigenvalue weighted by atomic mass is 9.45. The van der Waals surface area contributed by atoms with Gasteiger partial charge < -0.3 is 38.4 Å². The average molecular weight is 770 g/mol. The maximum atomic E-state index is 13.9. The van der Waals surface area contributed by atoms with Crippen molar-refractivity contribution >= 4 is 35.8 Å². The van der Waals surface area contributed by atoms with Crippen LogP contribution in [-0.4, -0.2) is 96.0 Å². The van der Waals surface area contributed by atoms with E-state index in [9.17, 15) is 33.9 Å². The fourth-order valence-corrected chi connectivity index (χ4v) is 9.26. The van der Waals surface area contributed by atoms with Crippen LogP contribution in [0.2, 0.25) is 0 Å². The molecule has 2 fully saturated rings. The summed E-state index contributed by atoms with van der Waals surface area (Å²) in [5.41, 5.74) is -4.07. The molecule has 1 aromatic carbocycles. The molecule has 2 saturated carbocycles. The highest BCUT2D eigenvalue weighted by Gasteiger charge is 2.73. The van der Waals surface area contributed by atoms with Crippen LogP contribution < -0.4 is 0 Å². The molecule has 2 bridgehead atoms. The number of carbonyl (C=O) groups excluding carboxylic acids is 6. The van der Waals surface area contributed by atoms with Gasteiger partial charge in [-0.3, -0.25) is 28.8 Å². The summed E-state index contributed by atoms with van der Waals surface area (Å²) in [7, 11) is 3.68. The lowest BCUT2D eigenvalue weighted by Crippen LogP contribution is -2.75. The molecule has 0 radical (unpaired) electrons. The fourth-order valence-electron chi connectivity index (χ4n) is 9.26. The second-order valence-corrected chi connectivity index (χ2v) is 15.9. The normalized spacial score (nSPS) is 31.8. The predicted octanol–water partition coefficient (Wildman–Crippen LogP) is 4.53. The summed E-state index contributed by atoms with van der Waals surface area (Å²) in [6, 6.07) is 9.06. The molecule has 3 aliphatic carbocycles. The van der Waals surface area contributed by atoms with E-state index in [1.165, 1.54) is 27.7 Å². The zero-order chi connectivity index (χ0) is 41.4. The van der Waals surface area contributed by atoms with Crippen molar-refractivity contribution in [2.45, 2.75) is 124 Å². The standard InChI is InChI=1S/C41H55NO13/c1-21-31(55-34(48)19-30(42(11)12)28-16-14-13-15-17-28)20-33(51-24(4)44)40(10)35(21)36(52-25(5)45)29-18-32(50-23(3)43)22(2)41(49,39(29,8)9)38(54-27(7)47)37(40)53-26(6)46/h13-17,29-31,33,35-38,49H,1,18-20H2,2-12H3/t29-,30?,31-,33-,35-,36+,37-,38-,40+,41-/m0/s1. The number of esters is 6. The zero-order valence-corrected chi connectivity index (χ0v) is 33.6. The van der Waals surface area contributed by atoms with Crippen molar-refractivity contribution in [3.05, 3.63) is 59.4 Å². The van der Waals surface area contributed by atoms with Crippen LogP contribution in [0.5, 0.6) is 0 Å². The van der Waals surface area contributed by atoms with Gasteiger partial charge >= 0.3 is 35.8 Å². The second-order valence-electron chi connectivity index (χ2n) is 15.9. The number of benzene rings is 1. The molecule has 55 heavy (non-hydrogen) atoms. The number of allylic oxidation sites excluding steroid dienone is 1. The topological polar surface area (TPSA) is 181 Å². The highest BCUT2D eigenvalue weighted by atomic mass is 16.6. The summed E-state index contributed by atoms with van der Waals surface area (Å²) in [5, 5.41) is 13.2. The number of hydrogen-bond acceptors (Lipinski definition) is 14. The number of fused-ring (bicyclic) bond motifs is 3. The van der Waals surface area contributed by atoms with Crippen LogP contribution in [0.3, 0.4) is 0 Å². The van der Waals surface area contributed by atoms with Crippen LogP contribution in [0.15, 0.2) is 53.8 Å². The summed E-state index contributed by atoms with van der Waals surface area (Å²) >= 11 is 0. The lowest BCUT2D eigenvalue weighted by molar-refractivity contribution is -0.278. The number of carbonyl (C=O) groups is 6. The van der Waals surface area contributed by atoms with E-state index in [2.05, 4.69) is 6.58 Å². The third kappa shape index (κ3) is 8.21. The fraction of sp³-hybridized carbons (Fsp3) is 0.610. The minimum atomic E-state index is -2.25. The van der Waals surface area contributed by atoms with E-state index >= 15 is 0 Å². The molecule has 10 atom stereocenters. The van der Waals surface area contributed by atoms with Crippen molar-refractivity contribution < 1.29 is 62.3 Å². The molecule has 4 rings (SSSR count). The van der Waals surface area contributed by atoms with E-state index < -0.39 is 94.6 Å². The first-order valence-electron chi connectivity index (χ1n) is 18.4. The number of hydrogen-bond donors (Lipinski definition) is 1. The van der Waals surface area contributed by atoms with Crippen LogP contribution in [0.25, 0.3) is 0 Å². The van der Waals surface area contributed by atoms with Gasteiger partial charge in [-0.25, -0.2) is 0 Å². The Balaban J connectivity index is 2.02. The van der Waals surface area contributed by atoms with Gasteiger partial charge in [0, 0.05) is 76.3 Å². The molecule has 0 amide bonds. The summed E-state index contributed by atoms with van der Waals surface area (Å²) in [4.78, 5) is 80.5. The van der Waals surface area contributed by atoms with Gasteiger partial charge in [-0.2, -0.15) is 0 Å². The molecule has 302 valence electrons. The van der Waals surface area contributed by atoms with Gasteiger partial charge in [-0.15, -0.1) is 0 Å². The molecular weight excluding hydrogens is 714 g/mol. The SMILES string of the molecule is C=C1[C@@H](OC(=O)CC(c2ccccc2)N(C)C)C[C@H](OC(C)=O)[C@@]2(C)[C@@H](OC(C)=O)[C@H](OC(C)=O)[C@@]3(O)C(C)=C(OC(C)=O)C[C@@H]([C@@H](OC(C)=O)[C@H]12)C3(C)C. The Labute approximate surface area is 322 Å². The monoisotopic (exact) mass is 769 g/mol. The van der Waals surface area contributed by atoms with Crippen molar-refractivity contribution in [2.75, 3.05) is 14.1 Å². The highest BCUT2D eigenvalue weighted by Crippen LogP contribution is 2.64. The van der Waals surface area contributed by atoms with Gasteiger partial charge in [-0.1, -0.05) is 57.7 Å². The van der Waals surface area contributed by atoms with Gasteiger partial charge in [0.05, 0.1) is 11.8 Å². The summed E-state index contributed by atoms with van der Waals surface area (Å²) < 4.78 is 36.2. The Kier molecular flexibility index (Phi) is 12.8. The van der Waals surface area contributed by atoms with Gasteiger partial charge in [0.2, 0.25) is 0 Å². The number of ether oxygens (including phenoxy) is 6. The first kappa shape index (κ1) is 43.2. The van der Waals surface area contributed by atoms with Crippen LogP contribution in [-0.2, 0) is 57.2 Å². The molecular formula is C41H55NO13. The average Bonchev–Trinajstić information content (AvgIpc) is 3.06. The van der Waals surface area contributed by atoms with Crippen LogP contribution >= 0.6 is 0 Å². The molecule has 1 N–H and O–H groups in total. The first-order valence-corrected chi connectivity index (χ1v) is 18.4. The Morgan fingerprint density at radius 2 is 1.36 bits per heavy atom. The highest BCUT2D eigenvalue weighted by molar-refractivity contribution is 5.72. The number of nitrogens with zero attached hydrogens (tertiary/aromatic N) is 1. The first-order chi connectivity index (χ1) is 25.5. The molecule has 14 nitrogen and oxygen atoms in total.